The molecular formula is C13H19NO2. The Balaban J connectivity index is 2.47. The number of nitrogens with one attached hydrogen (secondary N) is 1. The number of benzene rings is 1. The predicted octanol–water partition coefficient (Wildman–Crippen LogP) is 3.02. The van der Waals surface area contributed by atoms with Crippen LogP contribution in [0.15, 0.2) is 24.3 Å². The van der Waals surface area contributed by atoms with Crippen LogP contribution in [0.4, 0.5) is 4.79 Å². The Morgan fingerprint density at radius 3 is 2.50 bits per heavy atom. The minimum Gasteiger partial charge on any atom is -0.445 e. The third-order valence-corrected chi connectivity index (χ3v) is 2.10. The first-order chi connectivity index (χ1) is 7.38. The van der Waals surface area contributed by atoms with Crippen LogP contribution in [0, 0.1) is 6.92 Å². The zero-order valence-electron chi connectivity index (χ0n) is 10.3. The highest BCUT2D eigenvalue weighted by atomic mass is 16.5. The first-order valence-electron chi connectivity index (χ1n) is 5.38. The second kappa shape index (κ2) is 5.01. The minimum absolute atomic E-state index is 0.261. The molecule has 3 heteroatoms. The fourth-order valence-corrected chi connectivity index (χ4v) is 1.26. The number of hydrogen-bond donors (Lipinski definition) is 1. The van der Waals surface area contributed by atoms with Gasteiger partial charge in [-0.05, 0) is 38.8 Å². The lowest BCUT2D eigenvalue weighted by Crippen LogP contribution is -2.40. The lowest BCUT2D eigenvalue weighted by molar-refractivity contribution is 0.131. The van der Waals surface area contributed by atoms with E-state index >= 15 is 0 Å². The molecule has 0 fully saturated rings. The van der Waals surface area contributed by atoms with Crippen molar-refractivity contribution in [3.8, 4) is 0 Å². The number of carbonyl (C=O) groups is 1. The molecule has 0 saturated carbocycles. The topological polar surface area (TPSA) is 38.3 Å². The van der Waals surface area contributed by atoms with E-state index in [0.29, 0.717) is 6.61 Å². The molecule has 1 rings (SSSR count). The van der Waals surface area contributed by atoms with Gasteiger partial charge in [-0.2, -0.15) is 0 Å². The quantitative estimate of drug-likeness (QED) is 0.833. The Morgan fingerprint density at radius 2 is 1.94 bits per heavy atom. The molecule has 3 nitrogen and oxygen atoms in total. The van der Waals surface area contributed by atoms with Gasteiger partial charge in [0, 0.05) is 5.54 Å². The Hall–Kier alpha value is -1.51. The zero-order chi connectivity index (χ0) is 12.2. The minimum atomic E-state index is -0.379. The first-order valence-corrected chi connectivity index (χ1v) is 5.38. The van der Waals surface area contributed by atoms with Gasteiger partial charge in [-0.15, -0.1) is 0 Å². The van der Waals surface area contributed by atoms with Gasteiger partial charge in [0.1, 0.15) is 6.61 Å². The number of alkyl carbamates (subject to hydrolysis) is 1. The molecule has 0 aromatic heterocycles. The zero-order valence-corrected chi connectivity index (χ0v) is 10.3. The van der Waals surface area contributed by atoms with Crippen molar-refractivity contribution < 1.29 is 9.53 Å². The number of ether oxygens (including phenoxy) is 1. The van der Waals surface area contributed by atoms with Gasteiger partial charge >= 0.3 is 6.09 Å². The second-order valence-corrected chi connectivity index (χ2v) is 4.88. The van der Waals surface area contributed by atoms with Gasteiger partial charge < -0.3 is 10.1 Å². The highest BCUT2D eigenvalue weighted by Gasteiger charge is 2.14. The molecule has 1 aromatic rings. The first kappa shape index (κ1) is 12.6. The Kier molecular flexibility index (Phi) is 3.93. The summed E-state index contributed by atoms with van der Waals surface area (Å²) in [6, 6.07) is 7.86. The van der Waals surface area contributed by atoms with E-state index in [1.54, 1.807) is 0 Å². The van der Waals surface area contributed by atoms with Crippen LogP contribution in [-0.2, 0) is 11.3 Å². The van der Waals surface area contributed by atoms with Crippen molar-refractivity contribution in [2.45, 2.75) is 39.8 Å². The predicted molar refractivity (Wildman–Crippen MR) is 64.3 cm³/mol. The van der Waals surface area contributed by atoms with Crippen LogP contribution >= 0.6 is 0 Å². The van der Waals surface area contributed by atoms with Crippen molar-refractivity contribution in [2.24, 2.45) is 0 Å². The van der Waals surface area contributed by atoms with Gasteiger partial charge in [0.25, 0.3) is 0 Å². The molecule has 0 heterocycles. The summed E-state index contributed by atoms with van der Waals surface area (Å²) in [5, 5.41) is 2.75. The smallest absolute Gasteiger partial charge is 0.407 e. The molecule has 0 aliphatic heterocycles. The van der Waals surface area contributed by atoms with Crippen molar-refractivity contribution in [1.82, 2.24) is 5.32 Å². The molecule has 0 radical (unpaired) electrons. The summed E-state index contributed by atoms with van der Waals surface area (Å²) in [7, 11) is 0. The van der Waals surface area contributed by atoms with Crippen LogP contribution in [0.1, 0.15) is 31.9 Å². The Morgan fingerprint density at radius 1 is 1.31 bits per heavy atom. The Labute approximate surface area is 96.8 Å². The largest absolute Gasteiger partial charge is 0.445 e. The molecule has 1 N–H and O–H groups in total. The Bertz CT molecular complexity index is 366. The maximum Gasteiger partial charge on any atom is 0.407 e. The summed E-state index contributed by atoms with van der Waals surface area (Å²) in [4.78, 5) is 11.4. The number of rotatable bonds is 2. The lowest BCUT2D eigenvalue weighted by atomic mass is 10.1. The fraction of sp³-hybridized carbons (Fsp3) is 0.462. The van der Waals surface area contributed by atoms with E-state index in [4.69, 9.17) is 4.74 Å². The van der Waals surface area contributed by atoms with E-state index in [1.165, 1.54) is 0 Å². The summed E-state index contributed by atoms with van der Waals surface area (Å²) in [6.45, 7) is 8.07. The number of hydrogen-bond acceptors (Lipinski definition) is 2. The standard InChI is InChI=1S/C13H19NO2/c1-10-7-5-6-8-11(10)9-16-12(15)14-13(2,3)4/h5-8H,9H2,1-4H3,(H,14,15). The third kappa shape index (κ3) is 4.34. The molecule has 88 valence electrons. The van der Waals surface area contributed by atoms with Crippen LogP contribution in [0.2, 0.25) is 0 Å². The van der Waals surface area contributed by atoms with Gasteiger partial charge in [0.05, 0.1) is 0 Å². The van der Waals surface area contributed by atoms with Gasteiger partial charge in [-0.3, -0.25) is 0 Å². The summed E-state index contributed by atoms with van der Waals surface area (Å²) >= 11 is 0. The molecule has 1 aromatic carbocycles. The highest BCUT2D eigenvalue weighted by molar-refractivity contribution is 5.68. The average molecular weight is 221 g/mol. The summed E-state index contributed by atoms with van der Waals surface area (Å²) in [6.07, 6.45) is -0.379. The van der Waals surface area contributed by atoms with Crippen molar-refractivity contribution in [3.05, 3.63) is 35.4 Å². The fourth-order valence-electron chi connectivity index (χ4n) is 1.26. The molecule has 1 amide bonds. The molecule has 0 aliphatic rings. The van der Waals surface area contributed by atoms with Gasteiger partial charge in [0.15, 0.2) is 0 Å². The number of aryl methyl sites for hydroxylation is 1. The van der Waals surface area contributed by atoms with E-state index < -0.39 is 0 Å². The van der Waals surface area contributed by atoms with Crippen LogP contribution in [0.3, 0.4) is 0 Å². The van der Waals surface area contributed by atoms with E-state index in [2.05, 4.69) is 5.32 Å². The molecular weight excluding hydrogens is 202 g/mol. The average Bonchev–Trinajstić information content (AvgIpc) is 2.14. The normalized spacial score (nSPS) is 11.0. The summed E-state index contributed by atoms with van der Waals surface area (Å²) in [5.74, 6) is 0. The monoisotopic (exact) mass is 221 g/mol. The molecule has 0 spiro atoms. The van der Waals surface area contributed by atoms with Gasteiger partial charge in [-0.1, -0.05) is 24.3 Å². The van der Waals surface area contributed by atoms with Crippen LogP contribution in [0.25, 0.3) is 0 Å². The SMILES string of the molecule is Cc1ccccc1COC(=O)NC(C)(C)C. The van der Waals surface area contributed by atoms with Crippen LogP contribution < -0.4 is 5.32 Å². The molecule has 16 heavy (non-hydrogen) atoms. The van der Waals surface area contributed by atoms with Crippen LogP contribution in [-0.4, -0.2) is 11.6 Å². The molecule has 0 aliphatic carbocycles. The molecule has 0 unspecified atom stereocenters. The van der Waals surface area contributed by atoms with Crippen molar-refractivity contribution >= 4 is 6.09 Å². The maximum absolute atomic E-state index is 11.4. The van der Waals surface area contributed by atoms with E-state index in [0.717, 1.165) is 11.1 Å². The number of carbonyl (C=O) groups excluding carboxylic acids is 1. The third-order valence-electron chi connectivity index (χ3n) is 2.10. The van der Waals surface area contributed by atoms with E-state index in [1.807, 2.05) is 52.0 Å². The summed E-state index contributed by atoms with van der Waals surface area (Å²) in [5.41, 5.74) is 1.90. The highest BCUT2D eigenvalue weighted by Crippen LogP contribution is 2.08. The van der Waals surface area contributed by atoms with E-state index in [-0.39, 0.29) is 11.6 Å². The van der Waals surface area contributed by atoms with Crippen molar-refractivity contribution in [2.75, 3.05) is 0 Å². The lowest BCUT2D eigenvalue weighted by Gasteiger charge is -2.20. The molecule has 0 atom stereocenters. The maximum atomic E-state index is 11.4. The summed E-state index contributed by atoms with van der Waals surface area (Å²) < 4.78 is 5.13. The van der Waals surface area contributed by atoms with Crippen molar-refractivity contribution in [3.63, 3.8) is 0 Å². The van der Waals surface area contributed by atoms with E-state index in [9.17, 15) is 4.79 Å². The van der Waals surface area contributed by atoms with Gasteiger partial charge in [-0.25, -0.2) is 4.79 Å². The van der Waals surface area contributed by atoms with Gasteiger partial charge in [0.2, 0.25) is 0 Å². The molecule has 0 saturated heterocycles. The second-order valence-electron chi connectivity index (χ2n) is 4.88. The van der Waals surface area contributed by atoms with Crippen LogP contribution in [0.5, 0.6) is 0 Å². The molecule has 0 bridgehead atoms. The van der Waals surface area contributed by atoms with Crippen molar-refractivity contribution in [1.29, 1.82) is 0 Å². The number of amides is 1.